The van der Waals surface area contributed by atoms with Gasteiger partial charge in [-0.1, -0.05) is 11.6 Å². The van der Waals surface area contributed by atoms with Crippen LogP contribution in [-0.4, -0.2) is 34.6 Å². The van der Waals surface area contributed by atoms with Crippen LogP contribution in [0.25, 0.3) is 0 Å². The first-order valence-electron chi connectivity index (χ1n) is 5.61. The molecule has 0 aromatic carbocycles. The third kappa shape index (κ3) is 3.41. The number of aromatic nitrogens is 2. The zero-order valence-electron chi connectivity index (χ0n) is 10.4. The van der Waals surface area contributed by atoms with Crippen molar-refractivity contribution < 1.29 is 14.2 Å². The summed E-state index contributed by atoms with van der Waals surface area (Å²) in [5, 5.41) is 0.390. The third-order valence-corrected chi connectivity index (χ3v) is 2.95. The Bertz CT molecular complexity index is 491. The zero-order chi connectivity index (χ0) is 13.3. The molecule has 5 nitrogen and oxygen atoms in total. The van der Waals surface area contributed by atoms with Crippen LogP contribution in [0.2, 0.25) is 5.15 Å². The van der Waals surface area contributed by atoms with Crippen molar-refractivity contribution in [3.63, 3.8) is 0 Å². The largest absolute Gasteiger partial charge is 0.472 e. The predicted octanol–water partition coefficient (Wildman–Crippen LogP) is 2.71. The van der Waals surface area contributed by atoms with Crippen LogP contribution in [0.15, 0.2) is 6.07 Å². The third-order valence-electron chi connectivity index (χ3n) is 2.55. The van der Waals surface area contributed by atoms with Crippen LogP contribution < -0.4 is 4.74 Å². The van der Waals surface area contributed by atoms with Gasteiger partial charge in [0.15, 0.2) is 5.79 Å². The average molecular weight is 291 g/mol. The first kappa shape index (κ1) is 13.7. The molecule has 2 heterocycles. The summed E-state index contributed by atoms with van der Waals surface area (Å²) in [4.78, 5) is 6.74. The minimum Gasteiger partial charge on any atom is -0.472 e. The highest BCUT2D eigenvalue weighted by Gasteiger charge is 2.36. The number of aromatic amines is 1. The Kier molecular flexibility index (Phi) is 3.91. The fourth-order valence-corrected chi connectivity index (χ4v) is 2.12. The average Bonchev–Trinajstić information content (AvgIpc) is 2.57. The van der Waals surface area contributed by atoms with Gasteiger partial charge in [-0.15, -0.1) is 0 Å². The Balaban J connectivity index is 2.03. The van der Waals surface area contributed by atoms with E-state index in [0.717, 1.165) is 0 Å². The maximum atomic E-state index is 5.84. The molecule has 2 atom stereocenters. The molecule has 1 saturated heterocycles. The van der Waals surface area contributed by atoms with E-state index in [-0.39, 0.29) is 17.0 Å². The van der Waals surface area contributed by atoms with Crippen LogP contribution in [0.5, 0.6) is 5.88 Å². The molecule has 0 amide bonds. The van der Waals surface area contributed by atoms with Gasteiger partial charge in [0.05, 0.1) is 6.61 Å². The summed E-state index contributed by atoms with van der Waals surface area (Å²) in [7, 11) is 0. The molecule has 1 aromatic rings. The number of rotatable bonds is 3. The van der Waals surface area contributed by atoms with Crippen LogP contribution >= 0.6 is 23.8 Å². The van der Waals surface area contributed by atoms with Gasteiger partial charge in [0.2, 0.25) is 10.7 Å². The van der Waals surface area contributed by atoms with E-state index in [1.54, 1.807) is 6.07 Å². The molecule has 18 heavy (non-hydrogen) atoms. The SMILES string of the molecule is C[C@@H](Oc1cc(Cl)[nH]c(=S)n1)[C@@H]1COC(C)(C)O1. The first-order valence-corrected chi connectivity index (χ1v) is 6.40. The van der Waals surface area contributed by atoms with Crippen molar-refractivity contribution in [3.8, 4) is 5.88 Å². The molecule has 1 fully saturated rings. The van der Waals surface area contributed by atoms with Gasteiger partial charge in [-0.05, 0) is 33.0 Å². The van der Waals surface area contributed by atoms with E-state index >= 15 is 0 Å². The molecule has 0 unspecified atom stereocenters. The molecule has 2 rings (SSSR count). The fourth-order valence-electron chi connectivity index (χ4n) is 1.68. The smallest absolute Gasteiger partial charge is 0.219 e. The summed E-state index contributed by atoms with van der Waals surface area (Å²) in [5.41, 5.74) is 0. The standard InChI is InChI=1S/C11H15ClN2O3S/c1-6(7-5-15-11(2,3)17-7)16-9-4-8(12)13-10(18)14-9/h4,6-7H,5H2,1-3H3,(H,13,14,18)/t6-,7+/m1/s1. The second kappa shape index (κ2) is 5.13. The zero-order valence-corrected chi connectivity index (χ0v) is 12.0. The van der Waals surface area contributed by atoms with Gasteiger partial charge >= 0.3 is 0 Å². The lowest BCUT2D eigenvalue weighted by atomic mass is 10.2. The molecule has 1 N–H and O–H groups in total. The predicted molar refractivity (Wildman–Crippen MR) is 69.4 cm³/mol. The lowest BCUT2D eigenvalue weighted by Crippen LogP contribution is -2.33. The van der Waals surface area contributed by atoms with Crippen LogP contribution in [0.3, 0.4) is 0 Å². The van der Waals surface area contributed by atoms with Gasteiger partial charge in [0.25, 0.3) is 0 Å². The topological polar surface area (TPSA) is 56.4 Å². The number of halogens is 1. The summed E-state index contributed by atoms with van der Waals surface area (Å²) in [6.45, 7) is 6.12. The number of ether oxygens (including phenoxy) is 3. The molecule has 0 aliphatic carbocycles. The van der Waals surface area contributed by atoms with Crippen LogP contribution in [0.4, 0.5) is 0 Å². The van der Waals surface area contributed by atoms with Crippen molar-refractivity contribution in [2.75, 3.05) is 6.61 Å². The molecule has 1 aliphatic heterocycles. The Labute approximate surface area is 115 Å². The summed E-state index contributed by atoms with van der Waals surface area (Å²) in [6.07, 6.45) is -0.342. The molecule has 0 saturated carbocycles. The quantitative estimate of drug-likeness (QED) is 0.685. The fraction of sp³-hybridized carbons (Fsp3) is 0.636. The van der Waals surface area contributed by atoms with Gasteiger partial charge in [0, 0.05) is 6.07 Å². The minimum atomic E-state index is -0.568. The van der Waals surface area contributed by atoms with E-state index in [9.17, 15) is 0 Å². The molecule has 1 aromatic heterocycles. The number of nitrogens with one attached hydrogen (secondary N) is 1. The Hall–Kier alpha value is -0.690. The van der Waals surface area contributed by atoms with Gasteiger partial charge in [-0.2, -0.15) is 4.98 Å². The maximum absolute atomic E-state index is 5.84. The first-order chi connectivity index (χ1) is 8.35. The number of hydrogen-bond acceptors (Lipinski definition) is 5. The van der Waals surface area contributed by atoms with Crippen molar-refractivity contribution in [3.05, 3.63) is 16.0 Å². The van der Waals surface area contributed by atoms with E-state index in [2.05, 4.69) is 9.97 Å². The summed E-state index contributed by atoms with van der Waals surface area (Å²) in [5.74, 6) is -0.189. The van der Waals surface area contributed by atoms with Crippen molar-refractivity contribution in [1.82, 2.24) is 9.97 Å². The number of H-pyrrole nitrogens is 1. The van der Waals surface area contributed by atoms with E-state index in [4.69, 9.17) is 38.0 Å². The van der Waals surface area contributed by atoms with Crippen molar-refractivity contribution in [2.45, 2.75) is 38.8 Å². The van der Waals surface area contributed by atoms with Crippen LogP contribution in [-0.2, 0) is 9.47 Å². The van der Waals surface area contributed by atoms with E-state index in [1.165, 1.54) is 0 Å². The van der Waals surface area contributed by atoms with Gasteiger partial charge in [0.1, 0.15) is 17.4 Å². The Morgan fingerprint density at radius 1 is 1.67 bits per heavy atom. The highest BCUT2D eigenvalue weighted by atomic mass is 35.5. The second-order valence-corrected chi connectivity index (χ2v) is 5.36. The molecule has 1 aliphatic rings. The van der Waals surface area contributed by atoms with E-state index < -0.39 is 5.79 Å². The molecule has 7 heteroatoms. The number of nitrogens with zero attached hydrogens (tertiary/aromatic N) is 1. The van der Waals surface area contributed by atoms with E-state index in [1.807, 2.05) is 20.8 Å². The summed E-state index contributed by atoms with van der Waals surface area (Å²) in [6, 6.07) is 1.58. The van der Waals surface area contributed by atoms with Crippen LogP contribution in [0.1, 0.15) is 20.8 Å². The monoisotopic (exact) mass is 290 g/mol. The minimum absolute atomic E-state index is 0.140. The molecular formula is C11H15ClN2O3S. The molecule has 100 valence electrons. The molecule has 0 radical (unpaired) electrons. The van der Waals surface area contributed by atoms with Crippen LogP contribution in [0, 0.1) is 4.77 Å². The second-order valence-electron chi connectivity index (χ2n) is 4.56. The molecular weight excluding hydrogens is 276 g/mol. The van der Waals surface area contributed by atoms with Gasteiger partial charge in [-0.3, -0.25) is 0 Å². The number of hydrogen-bond donors (Lipinski definition) is 1. The highest BCUT2D eigenvalue weighted by Crippen LogP contribution is 2.26. The summed E-state index contributed by atoms with van der Waals surface area (Å²) >= 11 is 10.8. The Morgan fingerprint density at radius 3 is 2.94 bits per heavy atom. The lowest BCUT2D eigenvalue weighted by molar-refractivity contribution is -0.147. The van der Waals surface area contributed by atoms with Gasteiger partial charge < -0.3 is 19.2 Å². The van der Waals surface area contributed by atoms with Crippen molar-refractivity contribution in [1.29, 1.82) is 0 Å². The normalized spacial score (nSPS) is 23.9. The molecule has 0 spiro atoms. The maximum Gasteiger partial charge on any atom is 0.219 e. The van der Waals surface area contributed by atoms with Crippen molar-refractivity contribution >= 4 is 23.8 Å². The van der Waals surface area contributed by atoms with Gasteiger partial charge in [-0.25, -0.2) is 0 Å². The highest BCUT2D eigenvalue weighted by molar-refractivity contribution is 7.71. The molecule has 0 bridgehead atoms. The van der Waals surface area contributed by atoms with E-state index in [0.29, 0.717) is 17.6 Å². The van der Waals surface area contributed by atoms with Crippen molar-refractivity contribution in [2.24, 2.45) is 0 Å². The lowest BCUT2D eigenvalue weighted by Gasteiger charge is -2.21. The summed E-state index contributed by atoms with van der Waals surface area (Å²) < 4.78 is 17.1. The Morgan fingerprint density at radius 2 is 2.39 bits per heavy atom.